The zero-order chi connectivity index (χ0) is 21.8. The average molecular weight is 445 g/mol. The summed E-state index contributed by atoms with van der Waals surface area (Å²) < 4.78 is 13.0. The predicted octanol–water partition coefficient (Wildman–Crippen LogP) is 4.45. The molecule has 0 saturated heterocycles. The van der Waals surface area contributed by atoms with E-state index in [0.29, 0.717) is 11.7 Å². The van der Waals surface area contributed by atoms with E-state index in [0.717, 1.165) is 34.1 Å². The Morgan fingerprint density at radius 1 is 0.938 bits per heavy atom. The van der Waals surface area contributed by atoms with Gasteiger partial charge >= 0.3 is 0 Å². The van der Waals surface area contributed by atoms with Gasteiger partial charge < -0.3 is 14.8 Å². The van der Waals surface area contributed by atoms with Gasteiger partial charge in [0.05, 0.1) is 12.3 Å². The smallest absolute Gasteiger partial charge is 0.234 e. The maximum atomic E-state index is 12.4. The lowest BCUT2D eigenvalue weighted by Gasteiger charge is -2.11. The van der Waals surface area contributed by atoms with Crippen molar-refractivity contribution in [3.8, 4) is 22.9 Å². The summed E-state index contributed by atoms with van der Waals surface area (Å²) in [5.41, 5.74) is 2.76. The number of anilines is 1. The summed E-state index contributed by atoms with van der Waals surface area (Å²) in [5.74, 6) is 2.35. The third-order valence-electron chi connectivity index (χ3n) is 4.92. The largest absolute Gasteiger partial charge is 0.454 e. The molecule has 0 spiro atoms. The van der Waals surface area contributed by atoms with Crippen LogP contribution < -0.4 is 14.8 Å². The molecule has 0 unspecified atom stereocenters. The van der Waals surface area contributed by atoms with Crippen LogP contribution in [0.25, 0.3) is 11.4 Å². The van der Waals surface area contributed by atoms with Crippen molar-refractivity contribution in [2.75, 3.05) is 17.9 Å². The lowest BCUT2D eigenvalue weighted by molar-refractivity contribution is -0.113. The number of nitrogens with one attached hydrogen (secondary N) is 1. The van der Waals surface area contributed by atoms with Gasteiger partial charge in [-0.15, -0.1) is 10.2 Å². The number of hydrogen-bond acceptors (Lipinski definition) is 6. The van der Waals surface area contributed by atoms with Crippen molar-refractivity contribution in [2.45, 2.75) is 11.7 Å². The van der Waals surface area contributed by atoms with Crippen molar-refractivity contribution in [1.82, 2.24) is 14.8 Å². The molecule has 1 aliphatic heterocycles. The first kappa shape index (κ1) is 20.1. The Labute approximate surface area is 189 Å². The van der Waals surface area contributed by atoms with Crippen molar-refractivity contribution in [2.24, 2.45) is 0 Å². The van der Waals surface area contributed by atoms with Crippen molar-refractivity contribution >= 4 is 23.4 Å². The van der Waals surface area contributed by atoms with Crippen LogP contribution in [0.5, 0.6) is 11.5 Å². The predicted molar refractivity (Wildman–Crippen MR) is 123 cm³/mol. The Morgan fingerprint density at radius 3 is 2.50 bits per heavy atom. The number of carbonyl (C=O) groups is 1. The fraction of sp³-hybridized carbons (Fsp3) is 0.125. The van der Waals surface area contributed by atoms with Gasteiger partial charge in [0.15, 0.2) is 22.5 Å². The third-order valence-corrected chi connectivity index (χ3v) is 5.88. The zero-order valence-electron chi connectivity index (χ0n) is 17.1. The van der Waals surface area contributed by atoms with Crippen LogP contribution in [0.15, 0.2) is 84.0 Å². The number of para-hydroxylation sites is 1. The molecule has 1 amide bonds. The van der Waals surface area contributed by atoms with Gasteiger partial charge in [-0.2, -0.15) is 0 Å². The number of benzene rings is 3. The molecule has 32 heavy (non-hydrogen) atoms. The lowest BCUT2D eigenvalue weighted by atomic mass is 10.2. The Balaban J connectivity index is 1.38. The zero-order valence-corrected chi connectivity index (χ0v) is 17.9. The van der Waals surface area contributed by atoms with Gasteiger partial charge in [0.1, 0.15) is 0 Å². The highest BCUT2D eigenvalue weighted by molar-refractivity contribution is 7.99. The van der Waals surface area contributed by atoms with E-state index in [4.69, 9.17) is 9.47 Å². The molecule has 0 bridgehead atoms. The van der Waals surface area contributed by atoms with Gasteiger partial charge in [0, 0.05) is 11.3 Å². The molecule has 0 fully saturated rings. The number of rotatable bonds is 7. The van der Waals surface area contributed by atoms with Crippen LogP contribution >= 0.6 is 11.8 Å². The third kappa shape index (κ3) is 4.45. The first-order chi connectivity index (χ1) is 15.8. The Bertz CT molecular complexity index is 1230. The molecule has 7 nitrogen and oxygen atoms in total. The van der Waals surface area contributed by atoms with Gasteiger partial charge in [-0.3, -0.25) is 9.36 Å². The minimum absolute atomic E-state index is 0.0971. The number of carbonyl (C=O) groups excluding carboxylic acids is 1. The van der Waals surface area contributed by atoms with Crippen LogP contribution in [0, 0.1) is 0 Å². The summed E-state index contributed by atoms with van der Waals surface area (Å²) in [5, 5.41) is 12.4. The minimum Gasteiger partial charge on any atom is -0.454 e. The summed E-state index contributed by atoms with van der Waals surface area (Å²) in [4.78, 5) is 12.4. The van der Waals surface area contributed by atoms with Crippen LogP contribution in [-0.2, 0) is 11.3 Å². The van der Waals surface area contributed by atoms with E-state index in [1.807, 2.05) is 83.4 Å². The van der Waals surface area contributed by atoms with Crippen LogP contribution in [-0.4, -0.2) is 33.2 Å². The SMILES string of the molecule is O=C(CSc1nnc(-c2ccccc2)n1Cc1ccc2c(c1)OCO2)Nc1ccccc1. The highest BCUT2D eigenvalue weighted by atomic mass is 32.2. The highest BCUT2D eigenvalue weighted by Crippen LogP contribution is 2.33. The molecule has 1 aliphatic rings. The highest BCUT2D eigenvalue weighted by Gasteiger charge is 2.18. The monoisotopic (exact) mass is 444 g/mol. The standard InChI is InChI=1S/C24H20N4O3S/c29-22(25-19-9-5-2-6-10-19)15-32-24-27-26-23(18-7-3-1-4-8-18)28(24)14-17-11-12-20-21(13-17)31-16-30-20/h1-13H,14-16H2,(H,25,29). The number of nitrogens with zero attached hydrogens (tertiary/aromatic N) is 3. The van der Waals surface area contributed by atoms with Gasteiger partial charge in [-0.25, -0.2) is 0 Å². The average Bonchev–Trinajstić information content (AvgIpc) is 3.45. The minimum atomic E-state index is -0.0971. The molecular formula is C24H20N4O3S. The van der Waals surface area contributed by atoms with E-state index in [1.54, 1.807) is 0 Å². The number of hydrogen-bond donors (Lipinski definition) is 1. The summed E-state index contributed by atoms with van der Waals surface area (Å²) in [6.45, 7) is 0.773. The summed E-state index contributed by atoms with van der Waals surface area (Å²) in [6, 6.07) is 25.2. The van der Waals surface area contributed by atoms with Crippen molar-refractivity contribution in [3.63, 3.8) is 0 Å². The second-order valence-corrected chi connectivity index (χ2v) is 8.09. The first-order valence-electron chi connectivity index (χ1n) is 10.1. The van der Waals surface area contributed by atoms with Crippen molar-refractivity contribution < 1.29 is 14.3 Å². The van der Waals surface area contributed by atoms with Crippen LogP contribution in [0.4, 0.5) is 5.69 Å². The fourth-order valence-corrected chi connectivity index (χ4v) is 4.15. The molecule has 5 rings (SSSR count). The molecule has 1 aromatic heterocycles. The summed E-state index contributed by atoms with van der Waals surface area (Å²) >= 11 is 1.36. The van der Waals surface area contributed by atoms with Crippen molar-refractivity contribution in [3.05, 3.63) is 84.4 Å². The lowest BCUT2D eigenvalue weighted by Crippen LogP contribution is -2.14. The number of aromatic nitrogens is 3. The number of fused-ring (bicyclic) bond motifs is 1. The second-order valence-electron chi connectivity index (χ2n) is 7.15. The first-order valence-corrected chi connectivity index (χ1v) is 11.1. The quantitative estimate of drug-likeness (QED) is 0.424. The molecule has 3 aromatic carbocycles. The van der Waals surface area contributed by atoms with E-state index in [1.165, 1.54) is 11.8 Å². The van der Waals surface area contributed by atoms with Gasteiger partial charge in [-0.05, 0) is 29.8 Å². The van der Waals surface area contributed by atoms with Crippen LogP contribution in [0.3, 0.4) is 0 Å². The maximum Gasteiger partial charge on any atom is 0.234 e. The number of ether oxygens (including phenoxy) is 2. The molecule has 1 N–H and O–H groups in total. The molecule has 160 valence electrons. The molecule has 0 radical (unpaired) electrons. The number of amides is 1. The molecule has 0 atom stereocenters. The Hall–Kier alpha value is -3.78. The van der Waals surface area contributed by atoms with Crippen molar-refractivity contribution in [1.29, 1.82) is 0 Å². The molecule has 4 aromatic rings. The second kappa shape index (κ2) is 9.15. The van der Waals surface area contributed by atoms with E-state index in [2.05, 4.69) is 15.5 Å². The molecule has 0 saturated carbocycles. The summed E-state index contributed by atoms with van der Waals surface area (Å²) in [6.07, 6.45) is 0. The fourth-order valence-electron chi connectivity index (χ4n) is 3.41. The molecule has 0 aliphatic carbocycles. The van der Waals surface area contributed by atoms with E-state index in [9.17, 15) is 4.79 Å². The van der Waals surface area contributed by atoms with E-state index in [-0.39, 0.29) is 18.5 Å². The van der Waals surface area contributed by atoms with Gasteiger partial charge in [0.2, 0.25) is 12.7 Å². The van der Waals surface area contributed by atoms with Gasteiger partial charge in [-0.1, -0.05) is 66.4 Å². The Morgan fingerprint density at radius 2 is 1.69 bits per heavy atom. The van der Waals surface area contributed by atoms with Crippen LogP contribution in [0.1, 0.15) is 5.56 Å². The van der Waals surface area contributed by atoms with E-state index >= 15 is 0 Å². The molecule has 8 heteroatoms. The maximum absolute atomic E-state index is 12.4. The Kier molecular flexibility index (Phi) is 5.76. The van der Waals surface area contributed by atoms with Crippen LogP contribution in [0.2, 0.25) is 0 Å². The topological polar surface area (TPSA) is 78.3 Å². The molecular weight excluding hydrogens is 424 g/mol. The molecule has 2 heterocycles. The van der Waals surface area contributed by atoms with Gasteiger partial charge in [0.25, 0.3) is 0 Å². The van der Waals surface area contributed by atoms with E-state index < -0.39 is 0 Å². The number of thioether (sulfide) groups is 1. The normalized spacial score (nSPS) is 12.0. The summed E-state index contributed by atoms with van der Waals surface area (Å²) in [7, 11) is 0.